The first-order valence-corrected chi connectivity index (χ1v) is 18.0. The van der Waals surface area contributed by atoms with Crippen LogP contribution < -0.4 is 10.9 Å². The van der Waals surface area contributed by atoms with Gasteiger partial charge in [-0.1, -0.05) is 83.9 Å². The molecule has 0 saturated carbocycles. The molecule has 2 heterocycles. The van der Waals surface area contributed by atoms with Gasteiger partial charge in [-0.3, -0.25) is 0 Å². The Morgan fingerprint density at radius 3 is 1.06 bits per heavy atom. The average molecular weight is 662 g/mol. The third-order valence-corrected chi connectivity index (χ3v) is 12.3. The maximum absolute atomic E-state index is 6.80. The van der Waals surface area contributed by atoms with Crippen molar-refractivity contribution < 1.29 is 18.6 Å². The molecular weight excluding hydrogens is 614 g/mol. The van der Waals surface area contributed by atoms with E-state index in [9.17, 15) is 0 Å². The normalized spacial score (nSPS) is 19.4. The Labute approximate surface area is 298 Å². The highest BCUT2D eigenvalue weighted by atomic mass is 16.7. The van der Waals surface area contributed by atoms with Crippen molar-refractivity contribution in [2.24, 2.45) is 0 Å². The fourth-order valence-electron chi connectivity index (χ4n) is 7.88. The van der Waals surface area contributed by atoms with E-state index in [4.69, 9.17) is 18.6 Å². The van der Waals surface area contributed by atoms with Crippen molar-refractivity contribution in [1.29, 1.82) is 0 Å². The third kappa shape index (κ3) is 4.90. The van der Waals surface area contributed by atoms with Gasteiger partial charge in [0.05, 0.1) is 22.4 Å². The van der Waals surface area contributed by atoms with Crippen LogP contribution in [0, 0.1) is 27.7 Å². The van der Waals surface area contributed by atoms with Crippen LogP contribution in [-0.4, -0.2) is 36.6 Å². The Morgan fingerprint density at radius 2 is 0.720 bits per heavy atom. The van der Waals surface area contributed by atoms with Gasteiger partial charge in [0.25, 0.3) is 0 Å². The maximum Gasteiger partial charge on any atom is 0.495 e. The largest absolute Gasteiger partial charge is 0.495 e. The number of hydrogen-bond donors (Lipinski definition) is 0. The third-order valence-electron chi connectivity index (χ3n) is 12.3. The number of rotatable bonds is 4. The molecule has 6 aromatic carbocycles. The van der Waals surface area contributed by atoms with Crippen LogP contribution in [0.2, 0.25) is 0 Å². The van der Waals surface area contributed by atoms with Crippen molar-refractivity contribution in [3.63, 3.8) is 0 Å². The van der Waals surface area contributed by atoms with Crippen LogP contribution in [-0.2, 0) is 18.6 Å². The molecule has 0 aliphatic carbocycles. The van der Waals surface area contributed by atoms with Gasteiger partial charge in [-0.25, -0.2) is 0 Å². The van der Waals surface area contributed by atoms with Crippen molar-refractivity contribution in [3.05, 3.63) is 95.1 Å². The van der Waals surface area contributed by atoms with Crippen molar-refractivity contribution in [2.75, 3.05) is 0 Å². The summed E-state index contributed by atoms with van der Waals surface area (Å²) >= 11 is 0. The van der Waals surface area contributed by atoms with Gasteiger partial charge in [0.2, 0.25) is 0 Å². The number of hydrogen-bond acceptors (Lipinski definition) is 4. The van der Waals surface area contributed by atoms with E-state index in [1.54, 1.807) is 0 Å². The molecule has 254 valence electrons. The van der Waals surface area contributed by atoms with Crippen molar-refractivity contribution in [3.8, 4) is 22.3 Å². The van der Waals surface area contributed by atoms with E-state index in [-0.39, 0.29) is 0 Å². The lowest BCUT2D eigenvalue weighted by Gasteiger charge is -2.32. The SMILES string of the molecule is Cc1ccc(C)c(-c2ccc3c(B4OC(C)(C)C(C)(C)O4)cc4c(-c5cc(C)ccc5C)ccc5c(B6OC(C)(C)C(C)(C)O6)cc2c3c54)c1. The Kier molecular flexibility index (Phi) is 7.31. The van der Waals surface area contributed by atoms with Crippen LogP contribution in [0.15, 0.2) is 72.8 Å². The minimum absolute atomic E-state index is 0.473. The minimum Gasteiger partial charge on any atom is -0.399 e. The molecule has 50 heavy (non-hydrogen) atoms. The molecule has 0 radical (unpaired) electrons. The molecule has 4 nitrogen and oxygen atoms in total. The summed E-state index contributed by atoms with van der Waals surface area (Å²) in [6.07, 6.45) is 0. The standard InChI is InChI=1S/C44H48B2O4/c1-25-13-15-27(3)33(21-25)29-17-19-31-38(46-49-43(9,10)44(11,12)50-46)24-36-30(34-22-26(2)14-16-28(34)4)18-20-32-37(23-35(29)39(31)40(32)36)45-47-41(5,6)42(7,8)48-45/h13-24H,1-12H3. The second kappa shape index (κ2) is 10.9. The molecule has 2 aliphatic heterocycles. The molecule has 2 fully saturated rings. The van der Waals surface area contributed by atoms with Gasteiger partial charge in [0.15, 0.2) is 0 Å². The van der Waals surface area contributed by atoms with Gasteiger partial charge in [-0.2, -0.15) is 0 Å². The van der Waals surface area contributed by atoms with Gasteiger partial charge < -0.3 is 18.6 Å². The highest BCUT2D eigenvalue weighted by Gasteiger charge is 2.54. The number of benzene rings is 6. The molecule has 2 saturated heterocycles. The van der Waals surface area contributed by atoms with Crippen molar-refractivity contribution in [2.45, 2.75) is 105 Å². The Morgan fingerprint density at radius 1 is 0.380 bits per heavy atom. The van der Waals surface area contributed by atoms with E-state index in [0.29, 0.717) is 0 Å². The maximum atomic E-state index is 6.80. The molecule has 0 bridgehead atoms. The van der Waals surface area contributed by atoms with Crippen LogP contribution in [0.1, 0.15) is 77.6 Å². The van der Waals surface area contributed by atoms with Crippen molar-refractivity contribution >= 4 is 57.5 Å². The van der Waals surface area contributed by atoms with Gasteiger partial charge in [-0.15, -0.1) is 0 Å². The number of aryl methyl sites for hydroxylation is 4. The predicted molar refractivity (Wildman–Crippen MR) is 211 cm³/mol. The van der Waals surface area contributed by atoms with Crippen LogP contribution in [0.4, 0.5) is 0 Å². The second-order valence-corrected chi connectivity index (χ2v) is 16.9. The quantitative estimate of drug-likeness (QED) is 0.139. The van der Waals surface area contributed by atoms with Gasteiger partial charge in [-0.05, 0) is 160 Å². The lowest BCUT2D eigenvalue weighted by atomic mass is 9.69. The summed E-state index contributed by atoms with van der Waals surface area (Å²) < 4.78 is 27.2. The molecule has 0 N–H and O–H groups in total. The Hall–Kier alpha value is -3.67. The summed E-state index contributed by atoms with van der Waals surface area (Å²) in [6.45, 7) is 25.8. The molecule has 6 heteroatoms. The van der Waals surface area contributed by atoms with E-state index < -0.39 is 36.6 Å². The lowest BCUT2D eigenvalue weighted by Crippen LogP contribution is -2.41. The fourth-order valence-corrected chi connectivity index (χ4v) is 7.88. The molecular formula is C44H48B2O4. The van der Waals surface area contributed by atoms with Crippen LogP contribution in [0.25, 0.3) is 54.6 Å². The summed E-state index contributed by atoms with van der Waals surface area (Å²) in [5, 5.41) is 7.07. The van der Waals surface area contributed by atoms with Gasteiger partial charge in [0.1, 0.15) is 0 Å². The molecule has 0 amide bonds. The molecule has 8 rings (SSSR count). The second-order valence-electron chi connectivity index (χ2n) is 16.9. The summed E-state index contributed by atoms with van der Waals surface area (Å²) in [6, 6.07) is 27.3. The van der Waals surface area contributed by atoms with Crippen molar-refractivity contribution in [1.82, 2.24) is 0 Å². The highest BCUT2D eigenvalue weighted by Crippen LogP contribution is 2.46. The molecule has 0 unspecified atom stereocenters. The van der Waals surface area contributed by atoms with Crippen LogP contribution >= 0.6 is 0 Å². The predicted octanol–water partition coefficient (Wildman–Crippen LogP) is 9.75. The van der Waals surface area contributed by atoms with E-state index in [0.717, 1.165) is 21.7 Å². The smallest absolute Gasteiger partial charge is 0.399 e. The van der Waals surface area contributed by atoms with Gasteiger partial charge >= 0.3 is 14.2 Å². The molecule has 6 aromatic rings. The van der Waals surface area contributed by atoms with E-state index in [1.165, 1.54) is 66.1 Å². The molecule has 0 atom stereocenters. The van der Waals surface area contributed by atoms with Crippen LogP contribution in [0.5, 0.6) is 0 Å². The summed E-state index contributed by atoms with van der Waals surface area (Å²) in [4.78, 5) is 0. The van der Waals surface area contributed by atoms with E-state index in [2.05, 4.69) is 156 Å². The van der Waals surface area contributed by atoms with E-state index >= 15 is 0 Å². The Bertz CT molecular complexity index is 2150. The first-order chi connectivity index (χ1) is 23.4. The monoisotopic (exact) mass is 662 g/mol. The first kappa shape index (κ1) is 33.5. The van der Waals surface area contributed by atoms with Gasteiger partial charge in [0, 0.05) is 0 Å². The topological polar surface area (TPSA) is 36.9 Å². The zero-order valence-electron chi connectivity index (χ0n) is 31.7. The summed E-state index contributed by atoms with van der Waals surface area (Å²) in [7, 11) is -1.04. The first-order valence-electron chi connectivity index (χ1n) is 18.0. The Balaban J connectivity index is 1.54. The molecule has 2 aliphatic rings. The average Bonchev–Trinajstić information content (AvgIpc) is 3.40. The zero-order valence-corrected chi connectivity index (χ0v) is 31.7. The lowest BCUT2D eigenvalue weighted by molar-refractivity contribution is 0.00578. The summed E-state index contributed by atoms with van der Waals surface area (Å²) in [5.41, 5.74) is 10.0. The molecule has 0 aromatic heterocycles. The molecule has 0 spiro atoms. The fraction of sp³-hybridized carbons (Fsp3) is 0.364. The zero-order chi connectivity index (χ0) is 35.7. The van der Waals surface area contributed by atoms with Crippen LogP contribution in [0.3, 0.4) is 0 Å². The summed E-state index contributed by atoms with van der Waals surface area (Å²) in [5.74, 6) is 0. The minimum atomic E-state index is -0.521. The highest BCUT2D eigenvalue weighted by molar-refractivity contribution is 6.68. The van der Waals surface area contributed by atoms with E-state index in [1.807, 2.05) is 0 Å².